The van der Waals surface area contributed by atoms with Crippen molar-refractivity contribution in [3.05, 3.63) is 34.7 Å². The Kier molecular flexibility index (Phi) is 5.88. The van der Waals surface area contributed by atoms with E-state index in [1.54, 1.807) is 45.0 Å². The van der Waals surface area contributed by atoms with Crippen molar-refractivity contribution in [2.75, 3.05) is 12.4 Å². The first-order valence-electron chi connectivity index (χ1n) is 9.16. The zero-order valence-corrected chi connectivity index (χ0v) is 17.5. The van der Waals surface area contributed by atoms with E-state index in [0.29, 0.717) is 16.8 Å². The highest BCUT2D eigenvalue weighted by molar-refractivity contribution is 7.18. The van der Waals surface area contributed by atoms with Crippen molar-refractivity contribution in [2.24, 2.45) is 0 Å². The van der Waals surface area contributed by atoms with Gasteiger partial charge < -0.3 is 14.8 Å². The summed E-state index contributed by atoms with van der Waals surface area (Å²) in [7, 11) is 1.28. The normalized spacial score (nSPS) is 13.5. The minimum Gasteiger partial charge on any atom is -0.465 e. The number of nitrogens with zero attached hydrogens (tertiary/aromatic N) is 1. The van der Waals surface area contributed by atoms with Crippen LogP contribution < -0.4 is 10.6 Å². The van der Waals surface area contributed by atoms with E-state index < -0.39 is 17.7 Å². The molecule has 1 fully saturated rings. The molecule has 0 saturated heterocycles. The van der Waals surface area contributed by atoms with Crippen LogP contribution >= 0.6 is 11.3 Å². The molecule has 0 spiro atoms. The lowest BCUT2D eigenvalue weighted by atomic mass is 10.1. The minimum absolute atomic E-state index is 0.127. The Balaban J connectivity index is 1.83. The van der Waals surface area contributed by atoms with Crippen LogP contribution in [0.5, 0.6) is 0 Å². The fourth-order valence-electron chi connectivity index (χ4n) is 2.47. The first kappa shape index (κ1) is 20.8. The number of carbonyl (C=O) groups is 3. The molecule has 9 heteroatoms. The number of rotatable bonds is 5. The molecule has 2 amide bonds. The molecular formula is C20H23N3O5S. The summed E-state index contributed by atoms with van der Waals surface area (Å²) in [5.41, 5.74) is 0.859. The number of benzene rings is 1. The maximum atomic E-state index is 12.2. The van der Waals surface area contributed by atoms with E-state index in [9.17, 15) is 14.4 Å². The summed E-state index contributed by atoms with van der Waals surface area (Å²) in [5, 5.41) is 5.68. The summed E-state index contributed by atoms with van der Waals surface area (Å²) >= 11 is 0.992. The molecule has 0 radical (unpaired) electrons. The predicted molar refractivity (Wildman–Crippen MR) is 109 cm³/mol. The molecule has 0 aliphatic heterocycles. The molecule has 0 unspecified atom stereocenters. The second kappa shape index (κ2) is 8.20. The van der Waals surface area contributed by atoms with Crippen LogP contribution in [0.25, 0.3) is 11.3 Å². The Hall–Kier alpha value is -2.94. The third-order valence-electron chi connectivity index (χ3n) is 3.94. The molecule has 1 aliphatic carbocycles. The molecule has 3 rings (SSSR count). The Labute approximate surface area is 172 Å². The van der Waals surface area contributed by atoms with E-state index in [1.807, 2.05) is 0 Å². The van der Waals surface area contributed by atoms with Crippen molar-refractivity contribution in [3.8, 4) is 11.3 Å². The van der Waals surface area contributed by atoms with Gasteiger partial charge in [-0.05, 0) is 45.7 Å². The van der Waals surface area contributed by atoms with Crippen LogP contribution in [-0.4, -0.2) is 41.7 Å². The summed E-state index contributed by atoms with van der Waals surface area (Å²) in [6.45, 7) is 5.25. The van der Waals surface area contributed by atoms with Crippen LogP contribution in [0.15, 0.2) is 24.3 Å². The van der Waals surface area contributed by atoms with Gasteiger partial charge in [-0.25, -0.2) is 14.6 Å². The van der Waals surface area contributed by atoms with E-state index in [0.717, 1.165) is 24.2 Å². The van der Waals surface area contributed by atoms with Crippen LogP contribution in [0, 0.1) is 0 Å². The van der Waals surface area contributed by atoms with Crippen LogP contribution in [0.4, 0.5) is 9.93 Å². The molecule has 2 N–H and O–H groups in total. The van der Waals surface area contributed by atoms with Crippen LogP contribution in [0.2, 0.25) is 0 Å². The number of amides is 2. The van der Waals surface area contributed by atoms with Gasteiger partial charge >= 0.3 is 12.1 Å². The lowest BCUT2D eigenvalue weighted by Crippen LogP contribution is -2.27. The number of nitrogens with one attached hydrogen (secondary N) is 2. The smallest absolute Gasteiger partial charge is 0.413 e. The number of ether oxygens (including phenoxy) is 2. The van der Waals surface area contributed by atoms with E-state index in [-0.39, 0.29) is 22.0 Å². The lowest BCUT2D eigenvalue weighted by Gasteiger charge is -2.18. The Morgan fingerprint density at radius 3 is 2.34 bits per heavy atom. The Morgan fingerprint density at radius 1 is 1.14 bits per heavy atom. The van der Waals surface area contributed by atoms with Gasteiger partial charge in [0.15, 0.2) is 5.13 Å². The zero-order chi connectivity index (χ0) is 21.2. The van der Waals surface area contributed by atoms with Crippen molar-refractivity contribution in [1.82, 2.24) is 10.3 Å². The van der Waals surface area contributed by atoms with E-state index >= 15 is 0 Å². The van der Waals surface area contributed by atoms with Crippen molar-refractivity contribution < 1.29 is 23.9 Å². The standard InChI is InChI=1S/C20H23N3O5S/c1-20(2,3)28-19(26)23-18-22-14(15(29-18)17(25)27-4)11-5-7-12(8-6-11)16(24)21-13-9-10-13/h5-8,13H,9-10H2,1-4H3,(H,21,24)(H,22,23,26). The average molecular weight is 417 g/mol. The van der Waals surface area contributed by atoms with E-state index in [2.05, 4.69) is 15.6 Å². The van der Waals surface area contributed by atoms with Crippen LogP contribution in [0.1, 0.15) is 53.6 Å². The molecular weight excluding hydrogens is 394 g/mol. The molecule has 0 atom stereocenters. The van der Waals surface area contributed by atoms with Gasteiger partial charge in [0, 0.05) is 17.2 Å². The topological polar surface area (TPSA) is 107 Å². The first-order chi connectivity index (χ1) is 13.7. The van der Waals surface area contributed by atoms with Crippen LogP contribution in [0.3, 0.4) is 0 Å². The zero-order valence-electron chi connectivity index (χ0n) is 16.7. The largest absolute Gasteiger partial charge is 0.465 e. The van der Waals surface area contributed by atoms with Gasteiger partial charge in [-0.1, -0.05) is 23.5 Å². The fraction of sp³-hybridized carbons (Fsp3) is 0.400. The van der Waals surface area contributed by atoms with E-state index in [1.165, 1.54) is 7.11 Å². The summed E-state index contributed by atoms with van der Waals surface area (Å²) in [6.07, 6.45) is 1.36. The fourth-order valence-corrected chi connectivity index (χ4v) is 3.36. The average Bonchev–Trinajstić information content (AvgIpc) is 3.36. The number of esters is 1. The second-order valence-corrected chi connectivity index (χ2v) is 8.64. The van der Waals surface area contributed by atoms with E-state index in [4.69, 9.17) is 9.47 Å². The van der Waals surface area contributed by atoms with Crippen molar-refractivity contribution in [1.29, 1.82) is 0 Å². The monoisotopic (exact) mass is 417 g/mol. The molecule has 154 valence electrons. The minimum atomic E-state index is -0.665. The summed E-state index contributed by atoms with van der Waals surface area (Å²) in [6, 6.07) is 7.04. The molecule has 1 aromatic carbocycles. The highest BCUT2D eigenvalue weighted by Crippen LogP contribution is 2.32. The predicted octanol–water partition coefficient (Wildman–Crippen LogP) is 3.84. The van der Waals surface area contributed by atoms with Crippen LogP contribution in [-0.2, 0) is 9.47 Å². The number of hydrogen-bond donors (Lipinski definition) is 2. The van der Waals surface area contributed by atoms with Gasteiger partial charge in [0.1, 0.15) is 10.5 Å². The SMILES string of the molecule is COC(=O)c1sc(NC(=O)OC(C)(C)C)nc1-c1ccc(C(=O)NC2CC2)cc1. The number of hydrogen-bond acceptors (Lipinski definition) is 7. The number of carbonyl (C=O) groups excluding carboxylic acids is 3. The molecule has 1 aromatic heterocycles. The number of methoxy groups -OCH3 is 1. The number of thiazole rings is 1. The molecule has 2 aromatic rings. The lowest BCUT2D eigenvalue weighted by molar-refractivity contribution is 0.0603. The summed E-state index contributed by atoms with van der Waals surface area (Å²) < 4.78 is 10.1. The van der Waals surface area contributed by atoms with Gasteiger partial charge in [-0.3, -0.25) is 10.1 Å². The maximum absolute atomic E-state index is 12.2. The molecule has 1 saturated carbocycles. The van der Waals surface area contributed by atoms with Gasteiger partial charge in [0.25, 0.3) is 5.91 Å². The molecule has 29 heavy (non-hydrogen) atoms. The highest BCUT2D eigenvalue weighted by Gasteiger charge is 2.25. The molecule has 8 nitrogen and oxygen atoms in total. The number of anilines is 1. The van der Waals surface area contributed by atoms with Crippen molar-refractivity contribution >= 4 is 34.4 Å². The van der Waals surface area contributed by atoms with Gasteiger partial charge in [-0.2, -0.15) is 0 Å². The first-order valence-corrected chi connectivity index (χ1v) is 9.98. The Morgan fingerprint density at radius 2 is 1.79 bits per heavy atom. The summed E-state index contributed by atoms with van der Waals surface area (Å²) in [4.78, 5) is 40.9. The quantitative estimate of drug-likeness (QED) is 0.716. The third-order valence-corrected chi connectivity index (χ3v) is 4.89. The molecule has 1 heterocycles. The van der Waals surface area contributed by atoms with Crippen molar-refractivity contribution in [2.45, 2.75) is 45.3 Å². The van der Waals surface area contributed by atoms with Gasteiger partial charge in [0.05, 0.1) is 12.8 Å². The molecule has 0 bridgehead atoms. The van der Waals surface area contributed by atoms with Gasteiger partial charge in [-0.15, -0.1) is 0 Å². The van der Waals surface area contributed by atoms with Gasteiger partial charge in [0.2, 0.25) is 0 Å². The third kappa shape index (κ3) is 5.54. The maximum Gasteiger partial charge on any atom is 0.413 e. The summed E-state index contributed by atoms with van der Waals surface area (Å²) in [5.74, 6) is -0.692. The Bertz CT molecular complexity index is 927. The molecule has 1 aliphatic rings. The number of aromatic nitrogens is 1. The van der Waals surface area contributed by atoms with Crippen molar-refractivity contribution in [3.63, 3.8) is 0 Å². The second-order valence-electron chi connectivity index (χ2n) is 7.64. The highest BCUT2D eigenvalue weighted by atomic mass is 32.1.